The van der Waals surface area contributed by atoms with E-state index in [-0.39, 0.29) is 30.5 Å². The van der Waals surface area contributed by atoms with E-state index in [1.807, 2.05) is 36.4 Å². The maximum atomic E-state index is 13.6. The monoisotopic (exact) mass is 732 g/mol. The molecule has 0 aliphatic carbocycles. The topological polar surface area (TPSA) is 122 Å². The van der Waals surface area contributed by atoms with E-state index in [4.69, 9.17) is 18.9 Å². The quantitative estimate of drug-likeness (QED) is 0.0778. The maximum absolute atomic E-state index is 13.6. The summed E-state index contributed by atoms with van der Waals surface area (Å²) in [7, 11) is -0.899. The molecule has 1 aliphatic heterocycles. The Morgan fingerprint density at radius 3 is 2.67 bits per heavy atom. The smallest absolute Gasteiger partial charge is 0.221 e. The van der Waals surface area contributed by atoms with Crippen LogP contribution in [0.4, 0.5) is 15.9 Å². The van der Waals surface area contributed by atoms with Crippen LogP contribution in [0.15, 0.2) is 102 Å². The van der Waals surface area contributed by atoms with Crippen molar-refractivity contribution in [2.45, 2.75) is 25.0 Å². The molecular weight excluding hydrogens is 703 g/mol. The predicted octanol–water partition coefficient (Wildman–Crippen LogP) is 6.89. The molecule has 246 valence electrons. The molecule has 10 nitrogen and oxygen atoms in total. The van der Waals surface area contributed by atoms with Gasteiger partial charge in [-0.1, -0.05) is 18.2 Å². The van der Waals surface area contributed by atoms with Crippen molar-refractivity contribution >= 4 is 53.5 Å². The number of pyridine rings is 1. The second-order valence-electron chi connectivity index (χ2n) is 10.8. The number of rotatable bonds is 13. The Morgan fingerprint density at radius 1 is 1.04 bits per heavy atom. The summed E-state index contributed by atoms with van der Waals surface area (Å²) >= 11 is 3.58. The van der Waals surface area contributed by atoms with Crippen molar-refractivity contribution in [1.82, 2.24) is 15.0 Å². The molecule has 6 rings (SSSR count). The van der Waals surface area contributed by atoms with Crippen LogP contribution in [0.3, 0.4) is 0 Å². The fourth-order valence-electron chi connectivity index (χ4n) is 5.40. The van der Waals surface area contributed by atoms with Gasteiger partial charge < -0.3 is 24.3 Å². The lowest BCUT2D eigenvalue weighted by molar-refractivity contribution is 0.00442. The summed E-state index contributed by atoms with van der Waals surface area (Å²) in [6, 6.07) is 20.7. The number of nitrogens with one attached hydrogen (secondary N) is 1. The molecule has 0 fully saturated rings. The molecule has 0 saturated heterocycles. The van der Waals surface area contributed by atoms with Crippen LogP contribution in [0.2, 0.25) is 0 Å². The van der Waals surface area contributed by atoms with Gasteiger partial charge in [-0.3, -0.25) is 4.98 Å². The second-order valence-corrected chi connectivity index (χ2v) is 12.7. The molecule has 1 aliphatic rings. The zero-order chi connectivity index (χ0) is 33.5. The van der Waals surface area contributed by atoms with Crippen molar-refractivity contribution < 1.29 is 31.8 Å². The molecule has 13 heteroatoms. The van der Waals surface area contributed by atoms with Crippen LogP contribution in [0.5, 0.6) is 11.5 Å². The van der Waals surface area contributed by atoms with E-state index in [1.165, 1.54) is 24.7 Å². The van der Waals surface area contributed by atoms with Crippen LogP contribution in [-0.2, 0) is 32.0 Å². The van der Waals surface area contributed by atoms with Crippen molar-refractivity contribution in [3.8, 4) is 11.5 Å². The maximum Gasteiger partial charge on any atom is 0.221 e. The average molecular weight is 734 g/mol. The fourth-order valence-corrected chi connectivity index (χ4v) is 6.36. The van der Waals surface area contributed by atoms with Gasteiger partial charge in [0.2, 0.25) is 10.3 Å². The summed E-state index contributed by atoms with van der Waals surface area (Å²) in [5.74, 6) is 1.44. The highest BCUT2D eigenvalue weighted by molar-refractivity contribution is 9.10. The first-order chi connectivity index (χ1) is 23.3. The molecule has 48 heavy (non-hydrogen) atoms. The number of ether oxygens (including phenoxy) is 4. The number of methoxy groups -OCH3 is 1. The number of benzene rings is 3. The molecule has 1 atom stereocenters. The molecule has 1 N–H and O–H groups in total. The third-order valence-electron chi connectivity index (χ3n) is 7.80. The average Bonchev–Trinajstić information content (AvgIpc) is 3.57. The molecule has 3 aromatic carbocycles. The van der Waals surface area contributed by atoms with Gasteiger partial charge in [-0.2, -0.15) is 8.42 Å². The van der Waals surface area contributed by atoms with E-state index < -0.39 is 15.9 Å². The molecule has 3 heterocycles. The van der Waals surface area contributed by atoms with Gasteiger partial charge in [0.05, 0.1) is 42.3 Å². The largest absolute Gasteiger partial charge is 0.496 e. The number of hydrogen-bond donors (Lipinski definition) is 1. The summed E-state index contributed by atoms with van der Waals surface area (Å²) in [4.78, 5) is 13.2. The first-order valence-corrected chi connectivity index (χ1v) is 16.8. The lowest BCUT2D eigenvalue weighted by Crippen LogP contribution is -2.28. The van der Waals surface area contributed by atoms with E-state index >= 15 is 0 Å². The molecular formula is C35H30BrFN4O6S. The molecule has 0 bridgehead atoms. The fraction of sp³-hybridized carbons (Fsp3) is 0.200. The van der Waals surface area contributed by atoms with E-state index in [2.05, 4.69) is 36.2 Å². The Kier molecular flexibility index (Phi) is 10.3. The minimum absolute atomic E-state index is 0.0732. The van der Waals surface area contributed by atoms with E-state index in [9.17, 15) is 12.8 Å². The minimum atomic E-state index is -2.49. The summed E-state index contributed by atoms with van der Waals surface area (Å²) in [5.41, 5.74) is 2.40. The number of fused-ring (bicyclic) bond motifs is 1. The van der Waals surface area contributed by atoms with Crippen LogP contribution in [-0.4, -0.2) is 48.6 Å². The Bertz CT molecular complexity index is 2100. The lowest BCUT2D eigenvalue weighted by atomic mass is 9.86. The number of aromatic nitrogens is 3. The van der Waals surface area contributed by atoms with E-state index in [0.717, 1.165) is 22.2 Å². The summed E-state index contributed by atoms with van der Waals surface area (Å²) in [5, 5.41) is 4.11. The van der Waals surface area contributed by atoms with Crippen LogP contribution in [0.25, 0.3) is 10.9 Å². The molecule has 0 saturated carbocycles. The molecule has 2 aromatic heterocycles. The highest BCUT2D eigenvalue weighted by Crippen LogP contribution is 2.44. The lowest BCUT2D eigenvalue weighted by Gasteiger charge is -2.31. The second kappa shape index (κ2) is 14.9. The Labute approximate surface area is 286 Å². The summed E-state index contributed by atoms with van der Waals surface area (Å²) < 4.78 is 61.8. The number of halogens is 2. The first-order valence-electron chi connectivity index (χ1n) is 14.9. The standard InChI is InChI=1S/C35H30BrFN4O6S/c1-44-32-19-30-26(18-27(32)35(11-5-14-47-35)12-15-45-21-33(48(42)43)29-8-2-3-13-38-29)34(40-22-39-30)41-25-9-10-31(28(36)17-25)46-20-23-6-4-7-24(37)16-23/h2-10,13-14,16-19,22H,11-12,15,20-21H2,1H3,(H,39,40,41). The molecule has 5 aromatic rings. The third-order valence-corrected chi connectivity index (χ3v) is 9.15. The van der Waals surface area contributed by atoms with Gasteiger partial charge in [0.15, 0.2) is 0 Å². The zero-order valence-corrected chi connectivity index (χ0v) is 28.1. The van der Waals surface area contributed by atoms with Crippen LogP contribution in [0.1, 0.15) is 29.7 Å². The Hall–Kier alpha value is -4.85. The van der Waals surface area contributed by atoms with Crippen molar-refractivity contribution in [3.05, 3.63) is 125 Å². The van der Waals surface area contributed by atoms with Crippen molar-refractivity contribution in [2.24, 2.45) is 0 Å². The van der Waals surface area contributed by atoms with Gasteiger partial charge >= 0.3 is 0 Å². The van der Waals surface area contributed by atoms with Gasteiger partial charge in [0, 0.05) is 41.7 Å². The van der Waals surface area contributed by atoms with Gasteiger partial charge in [0.1, 0.15) is 46.5 Å². The Balaban J connectivity index is 1.22. The van der Waals surface area contributed by atoms with Gasteiger partial charge in [-0.05, 0) is 76.1 Å². The highest BCUT2D eigenvalue weighted by atomic mass is 79.9. The Morgan fingerprint density at radius 2 is 1.94 bits per heavy atom. The third kappa shape index (κ3) is 7.48. The minimum Gasteiger partial charge on any atom is -0.496 e. The van der Waals surface area contributed by atoms with E-state index in [1.54, 1.807) is 43.7 Å². The molecule has 0 spiro atoms. The van der Waals surface area contributed by atoms with Crippen LogP contribution >= 0.6 is 15.9 Å². The first kappa shape index (κ1) is 33.1. The SMILES string of the molecule is COc1cc2ncnc(Nc3ccc(OCc4cccc(F)c4)c(Br)c3)c2cc1C1(CCOCC(c2ccccn2)=S(=O)=O)CC=CO1. The molecule has 0 amide bonds. The number of nitrogens with zero attached hydrogens (tertiary/aromatic N) is 3. The highest BCUT2D eigenvalue weighted by Gasteiger charge is 2.38. The van der Waals surface area contributed by atoms with Crippen LogP contribution < -0.4 is 14.8 Å². The van der Waals surface area contributed by atoms with Gasteiger partial charge in [0.25, 0.3) is 0 Å². The normalized spacial score (nSPS) is 15.2. The molecule has 0 radical (unpaired) electrons. The van der Waals surface area contributed by atoms with Crippen LogP contribution in [0, 0.1) is 5.82 Å². The zero-order valence-electron chi connectivity index (χ0n) is 25.7. The number of hydrogen-bond acceptors (Lipinski definition) is 10. The van der Waals surface area contributed by atoms with Crippen molar-refractivity contribution in [2.75, 3.05) is 25.6 Å². The van der Waals surface area contributed by atoms with Gasteiger partial charge in [-0.15, -0.1) is 0 Å². The van der Waals surface area contributed by atoms with Crippen molar-refractivity contribution in [1.29, 1.82) is 0 Å². The molecule has 1 unspecified atom stereocenters. The van der Waals surface area contributed by atoms with E-state index in [0.29, 0.717) is 45.8 Å². The summed E-state index contributed by atoms with van der Waals surface area (Å²) in [6.45, 7) is 0.294. The van der Waals surface area contributed by atoms with Gasteiger partial charge in [-0.25, -0.2) is 14.4 Å². The predicted molar refractivity (Wildman–Crippen MR) is 183 cm³/mol. The van der Waals surface area contributed by atoms with Crippen molar-refractivity contribution in [3.63, 3.8) is 0 Å². The number of anilines is 2. The summed E-state index contributed by atoms with van der Waals surface area (Å²) in [6.07, 6.45) is 7.54.